The van der Waals surface area contributed by atoms with Crippen molar-refractivity contribution in [1.29, 1.82) is 0 Å². The first-order valence-electron chi connectivity index (χ1n) is 4.01. The third-order valence-corrected chi connectivity index (χ3v) is 1.87. The molecule has 0 amide bonds. The minimum absolute atomic E-state index is 0.159. The van der Waals surface area contributed by atoms with E-state index in [-0.39, 0.29) is 5.88 Å². The SMILES string of the molecule is CCCCCCC(F)CCl. The Hall–Kier alpha value is 0.220. The van der Waals surface area contributed by atoms with Gasteiger partial charge in [0.05, 0.1) is 5.88 Å². The van der Waals surface area contributed by atoms with Crippen LogP contribution in [0, 0.1) is 0 Å². The maximum atomic E-state index is 12.4. The Morgan fingerprint density at radius 2 is 2.00 bits per heavy atom. The maximum absolute atomic E-state index is 12.4. The molecule has 0 aliphatic carbocycles. The molecule has 0 aliphatic rings. The summed E-state index contributed by atoms with van der Waals surface area (Å²) in [5.74, 6) is 0.159. The highest BCUT2D eigenvalue weighted by Gasteiger charge is 2.02. The Bertz CT molecular complexity index is 66.3. The molecule has 0 N–H and O–H groups in total. The van der Waals surface area contributed by atoms with Crippen molar-refractivity contribution in [2.75, 3.05) is 5.88 Å². The number of hydrogen-bond acceptors (Lipinski definition) is 0. The van der Waals surface area contributed by atoms with Gasteiger partial charge in [-0.05, 0) is 6.42 Å². The zero-order valence-electron chi connectivity index (χ0n) is 6.58. The van der Waals surface area contributed by atoms with Crippen LogP contribution in [0.2, 0.25) is 0 Å². The van der Waals surface area contributed by atoms with Gasteiger partial charge in [-0.25, -0.2) is 4.39 Å². The minimum Gasteiger partial charge on any atom is -0.246 e. The summed E-state index contributed by atoms with van der Waals surface area (Å²) in [6.07, 6.45) is 4.42. The van der Waals surface area contributed by atoms with Crippen molar-refractivity contribution in [3.05, 3.63) is 0 Å². The number of hydrogen-bond donors (Lipinski definition) is 0. The zero-order chi connectivity index (χ0) is 7.82. The molecule has 0 saturated carbocycles. The molecule has 0 fully saturated rings. The number of alkyl halides is 2. The van der Waals surface area contributed by atoms with Crippen molar-refractivity contribution < 1.29 is 4.39 Å². The normalized spacial score (nSPS) is 13.5. The van der Waals surface area contributed by atoms with Crippen LogP contribution < -0.4 is 0 Å². The van der Waals surface area contributed by atoms with Gasteiger partial charge in [0.25, 0.3) is 0 Å². The Morgan fingerprint density at radius 3 is 2.50 bits per heavy atom. The molecule has 0 aliphatic heterocycles. The van der Waals surface area contributed by atoms with Gasteiger partial charge in [0.1, 0.15) is 6.17 Å². The van der Waals surface area contributed by atoms with Crippen LogP contribution >= 0.6 is 11.6 Å². The standard InChI is InChI=1S/C8H16ClF/c1-2-3-4-5-6-8(10)7-9/h8H,2-7H2,1H3. The van der Waals surface area contributed by atoms with Crippen molar-refractivity contribution in [2.24, 2.45) is 0 Å². The molecule has 0 spiro atoms. The molecule has 0 aromatic heterocycles. The van der Waals surface area contributed by atoms with E-state index in [4.69, 9.17) is 11.6 Å². The summed E-state index contributed by atoms with van der Waals surface area (Å²) in [6.45, 7) is 2.15. The Kier molecular flexibility index (Phi) is 7.49. The predicted molar refractivity (Wildman–Crippen MR) is 44.4 cm³/mol. The second-order valence-electron chi connectivity index (χ2n) is 2.60. The molecule has 0 nitrogen and oxygen atoms in total. The molecule has 0 saturated heterocycles. The predicted octanol–water partition coefficient (Wildman–Crippen LogP) is 3.53. The molecular formula is C8H16ClF. The molecule has 1 unspecified atom stereocenters. The van der Waals surface area contributed by atoms with Gasteiger partial charge in [0.15, 0.2) is 0 Å². The Labute approximate surface area is 67.8 Å². The summed E-state index contributed by atoms with van der Waals surface area (Å²) in [5, 5.41) is 0. The van der Waals surface area contributed by atoms with Crippen LogP contribution in [-0.2, 0) is 0 Å². The van der Waals surface area contributed by atoms with E-state index in [0.29, 0.717) is 6.42 Å². The molecule has 2 heteroatoms. The van der Waals surface area contributed by atoms with Crippen LogP contribution in [0.1, 0.15) is 39.0 Å². The second-order valence-corrected chi connectivity index (χ2v) is 2.91. The van der Waals surface area contributed by atoms with Gasteiger partial charge in [0.2, 0.25) is 0 Å². The van der Waals surface area contributed by atoms with Gasteiger partial charge in [-0.15, -0.1) is 11.6 Å². The maximum Gasteiger partial charge on any atom is 0.114 e. The molecule has 0 heterocycles. The first-order chi connectivity index (χ1) is 4.81. The van der Waals surface area contributed by atoms with E-state index in [1.807, 2.05) is 0 Å². The van der Waals surface area contributed by atoms with Crippen molar-refractivity contribution >= 4 is 11.6 Å². The lowest BCUT2D eigenvalue weighted by molar-refractivity contribution is 0.334. The van der Waals surface area contributed by atoms with Crippen LogP contribution in [0.4, 0.5) is 4.39 Å². The highest BCUT2D eigenvalue weighted by atomic mass is 35.5. The molecule has 0 radical (unpaired) electrons. The average molecular weight is 167 g/mol. The summed E-state index contributed by atoms with van der Waals surface area (Å²) >= 11 is 5.29. The second kappa shape index (κ2) is 7.33. The van der Waals surface area contributed by atoms with E-state index in [0.717, 1.165) is 12.8 Å². The van der Waals surface area contributed by atoms with Gasteiger partial charge in [-0.3, -0.25) is 0 Å². The highest BCUT2D eigenvalue weighted by Crippen LogP contribution is 2.08. The van der Waals surface area contributed by atoms with Crippen molar-refractivity contribution in [1.82, 2.24) is 0 Å². The van der Waals surface area contributed by atoms with Crippen LogP contribution in [0.3, 0.4) is 0 Å². The van der Waals surface area contributed by atoms with Gasteiger partial charge in [-0.2, -0.15) is 0 Å². The first-order valence-corrected chi connectivity index (χ1v) is 4.54. The summed E-state index contributed by atoms with van der Waals surface area (Å²) in [7, 11) is 0. The Balaban J connectivity index is 2.89. The molecule has 62 valence electrons. The van der Waals surface area contributed by atoms with E-state index in [2.05, 4.69) is 6.92 Å². The molecule has 0 aromatic carbocycles. The number of rotatable bonds is 6. The quantitative estimate of drug-likeness (QED) is 0.418. The molecule has 1 atom stereocenters. The zero-order valence-corrected chi connectivity index (χ0v) is 7.33. The van der Waals surface area contributed by atoms with Crippen LogP contribution in [0.25, 0.3) is 0 Å². The lowest BCUT2D eigenvalue weighted by Crippen LogP contribution is -2.00. The van der Waals surface area contributed by atoms with Crippen molar-refractivity contribution in [3.8, 4) is 0 Å². The topological polar surface area (TPSA) is 0 Å². The van der Waals surface area contributed by atoms with Crippen molar-refractivity contribution in [2.45, 2.75) is 45.2 Å². The molecular weight excluding hydrogens is 151 g/mol. The minimum atomic E-state index is -0.779. The van der Waals surface area contributed by atoms with E-state index in [1.165, 1.54) is 12.8 Å². The van der Waals surface area contributed by atoms with E-state index in [9.17, 15) is 4.39 Å². The first kappa shape index (κ1) is 10.2. The van der Waals surface area contributed by atoms with E-state index in [1.54, 1.807) is 0 Å². The fraction of sp³-hybridized carbons (Fsp3) is 1.00. The summed E-state index contributed by atoms with van der Waals surface area (Å²) in [6, 6.07) is 0. The van der Waals surface area contributed by atoms with Gasteiger partial charge < -0.3 is 0 Å². The van der Waals surface area contributed by atoms with Gasteiger partial charge in [-0.1, -0.05) is 32.6 Å². The largest absolute Gasteiger partial charge is 0.246 e. The van der Waals surface area contributed by atoms with Crippen LogP contribution in [0.5, 0.6) is 0 Å². The third-order valence-electron chi connectivity index (χ3n) is 1.54. The number of halogens is 2. The highest BCUT2D eigenvalue weighted by molar-refractivity contribution is 6.18. The smallest absolute Gasteiger partial charge is 0.114 e. The van der Waals surface area contributed by atoms with Crippen LogP contribution in [0.15, 0.2) is 0 Å². The molecule has 0 bridgehead atoms. The number of unbranched alkanes of at least 4 members (excludes halogenated alkanes) is 3. The summed E-state index contributed by atoms with van der Waals surface area (Å²) in [4.78, 5) is 0. The van der Waals surface area contributed by atoms with Crippen molar-refractivity contribution in [3.63, 3.8) is 0 Å². The molecule has 10 heavy (non-hydrogen) atoms. The molecule has 0 rings (SSSR count). The molecule has 0 aromatic rings. The average Bonchev–Trinajstić information content (AvgIpc) is 1.98. The Morgan fingerprint density at radius 1 is 1.30 bits per heavy atom. The van der Waals surface area contributed by atoms with Gasteiger partial charge >= 0.3 is 0 Å². The van der Waals surface area contributed by atoms with E-state index < -0.39 is 6.17 Å². The van der Waals surface area contributed by atoms with Gasteiger partial charge in [0, 0.05) is 0 Å². The van der Waals surface area contributed by atoms with E-state index >= 15 is 0 Å². The fourth-order valence-electron chi connectivity index (χ4n) is 0.870. The summed E-state index contributed by atoms with van der Waals surface area (Å²) in [5.41, 5.74) is 0. The third kappa shape index (κ3) is 6.34. The fourth-order valence-corrected chi connectivity index (χ4v) is 1.02. The van der Waals surface area contributed by atoms with Crippen LogP contribution in [-0.4, -0.2) is 12.1 Å². The monoisotopic (exact) mass is 166 g/mol. The summed E-state index contributed by atoms with van der Waals surface area (Å²) < 4.78 is 12.4. The lowest BCUT2D eigenvalue weighted by Gasteiger charge is -2.01. The lowest BCUT2D eigenvalue weighted by atomic mass is 10.1.